The summed E-state index contributed by atoms with van der Waals surface area (Å²) in [5.74, 6) is 0.310. The van der Waals surface area contributed by atoms with Crippen LogP contribution in [-0.2, 0) is 9.59 Å². The molecule has 1 aromatic rings. The number of aliphatic imine (C=N–C) groups is 2. The van der Waals surface area contributed by atoms with Crippen LogP contribution < -0.4 is 5.32 Å². The molecule has 8 nitrogen and oxygen atoms in total. The third-order valence-electron chi connectivity index (χ3n) is 6.86. The van der Waals surface area contributed by atoms with Crippen molar-refractivity contribution < 1.29 is 14.4 Å². The van der Waals surface area contributed by atoms with Crippen LogP contribution in [-0.4, -0.2) is 70.8 Å². The van der Waals surface area contributed by atoms with Gasteiger partial charge in [0.15, 0.2) is 0 Å². The number of likely N-dealkylation sites (tertiary alicyclic amines) is 2. The first-order valence-corrected chi connectivity index (χ1v) is 13.2. The Morgan fingerprint density at radius 1 is 1.06 bits per heavy atom. The van der Waals surface area contributed by atoms with Crippen LogP contribution in [0.2, 0.25) is 0 Å². The minimum atomic E-state index is -0.596. The maximum absolute atomic E-state index is 13.5. The van der Waals surface area contributed by atoms with Gasteiger partial charge < -0.3 is 15.1 Å². The quantitative estimate of drug-likeness (QED) is 0.617. The van der Waals surface area contributed by atoms with Crippen molar-refractivity contribution in [1.82, 2.24) is 9.80 Å². The Hall–Kier alpha value is -2.55. The monoisotopic (exact) mass is 543 g/mol. The first kappa shape index (κ1) is 25.5. The zero-order valence-electron chi connectivity index (χ0n) is 20.9. The smallest absolute Gasteiger partial charge is 0.268 e. The van der Waals surface area contributed by atoms with Gasteiger partial charge in [0.1, 0.15) is 17.9 Å². The van der Waals surface area contributed by atoms with Crippen molar-refractivity contribution in [2.45, 2.75) is 65.6 Å². The molecule has 4 rings (SSSR count). The number of piperidine rings is 1. The summed E-state index contributed by atoms with van der Waals surface area (Å²) in [4.78, 5) is 52.4. The normalized spacial score (nSPS) is 26.8. The highest BCUT2D eigenvalue weighted by atomic mass is 79.9. The van der Waals surface area contributed by atoms with Crippen molar-refractivity contribution in [3.8, 4) is 0 Å². The van der Waals surface area contributed by atoms with Crippen LogP contribution in [0.3, 0.4) is 0 Å². The van der Waals surface area contributed by atoms with Crippen molar-refractivity contribution in [3.05, 3.63) is 28.2 Å². The van der Waals surface area contributed by atoms with E-state index >= 15 is 0 Å². The summed E-state index contributed by atoms with van der Waals surface area (Å²) in [5, 5.41) is 2.96. The van der Waals surface area contributed by atoms with E-state index in [1.54, 1.807) is 17.0 Å². The first-order valence-electron chi connectivity index (χ1n) is 12.4. The lowest BCUT2D eigenvalue weighted by Gasteiger charge is -2.35. The third kappa shape index (κ3) is 5.82. The van der Waals surface area contributed by atoms with Crippen LogP contribution in [0.4, 0.5) is 5.69 Å². The van der Waals surface area contributed by atoms with E-state index in [-0.39, 0.29) is 23.9 Å². The predicted molar refractivity (Wildman–Crippen MR) is 141 cm³/mol. The van der Waals surface area contributed by atoms with Crippen molar-refractivity contribution in [2.75, 3.05) is 25.0 Å². The molecule has 3 aliphatic heterocycles. The lowest BCUT2D eigenvalue weighted by Crippen LogP contribution is -2.47. The number of carbonyl (C=O) groups excluding carboxylic acids is 3. The average molecular weight is 544 g/mol. The molecule has 1 N–H and O–H groups in total. The Balaban J connectivity index is 1.52. The molecular weight excluding hydrogens is 510 g/mol. The van der Waals surface area contributed by atoms with E-state index in [0.29, 0.717) is 61.3 Å². The van der Waals surface area contributed by atoms with E-state index in [2.05, 4.69) is 45.1 Å². The molecule has 0 radical (unpaired) electrons. The largest absolute Gasteiger partial charge is 0.338 e. The predicted octanol–water partition coefficient (Wildman–Crippen LogP) is 4.15. The third-order valence-corrected chi connectivity index (χ3v) is 7.36. The van der Waals surface area contributed by atoms with Crippen LogP contribution in [0.1, 0.15) is 63.7 Å². The fourth-order valence-electron chi connectivity index (χ4n) is 5.50. The number of halogens is 1. The molecule has 0 spiro atoms. The van der Waals surface area contributed by atoms with Gasteiger partial charge in [0, 0.05) is 36.2 Å². The van der Waals surface area contributed by atoms with Gasteiger partial charge in [0.05, 0.1) is 11.3 Å². The summed E-state index contributed by atoms with van der Waals surface area (Å²) >= 11 is 3.47. The minimum absolute atomic E-state index is 0.0836. The molecular formula is C26H34BrN5O3. The first-order chi connectivity index (χ1) is 16.6. The summed E-state index contributed by atoms with van der Waals surface area (Å²) in [5.41, 5.74) is 2.26. The molecule has 2 saturated heterocycles. The number of nitrogens with one attached hydrogen (secondary N) is 1. The Labute approximate surface area is 215 Å². The fraction of sp³-hybridized carbons (Fsp3) is 0.577. The van der Waals surface area contributed by atoms with E-state index < -0.39 is 6.04 Å². The number of hydrogen-bond donors (Lipinski definition) is 1. The summed E-state index contributed by atoms with van der Waals surface area (Å²) in [6.07, 6.45) is 2.55. The number of amides is 3. The molecule has 35 heavy (non-hydrogen) atoms. The maximum atomic E-state index is 13.5. The van der Waals surface area contributed by atoms with Crippen molar-refractivity contribution in [1.29, 1.82) is 0 Å². The van der Waals surface area contributed by atoms with Gasteiger partial charge in [-0.05, 0) is 63.1 Å². The molecule has 188 valence electrons. The number of benzene rings is 1. The molecule has 1 unspecified atom stereocenters. The van der Waals surface area contributed by atoms with Crippen LogP contribution in [0.25, 0.3) is 0 Å². The van der Waals surface area contributed by atoms with Gasteiger partial charge in [0.25, 0.3) is 11.8 Å². The Kier molecular flexibility index (Phi) is 7.73. The van der Waals surface area contributed by atoms with Gasteiger partial charge in [-0.2, -0.15) is 0 Å². The maximum Gasteiger partial charge on any atom is 0.268 e. The standard InChI is InChI=1S/C26H34BrN5O3/c1-15-10-16(2)14-31(13-15)25(34)20-12-19(27)7-8-21(20)30-24(33)23-6-5-9-32(23)26(35)22-11-17(3)28-18(4)29-22/h7-8,12,15-16,18,23H,5-6,9-11,13-14H2,1-4H3,(H,30,33)/t15-,16+,18?,23-/m0/s1. The van der Waals surface area contributed by atoms with E-state index in [4.69, 9.17) is 0 Å². The zero-order chi connectivity index (χ0) is 25.3. The minimum Gasteiger partial charge on any atom is -0.338 e. The number of anilines is 1. The van der Waals surface area contributed by atoms with E-state index in [9.17, 15) is 14.4 Å². The van der Waals surface area contributed by atoms with Gasteiger partial charge in [-0.15, -0.1) is 0 Å². The molecule has 0 aromatic heterocycles. The molecule has 3 amide bonds. The lowest BCUT2D eigenvalue weighted by molar-refractivity contribution is -0.131. The molecule has 3 heterocycles. The van der Waals surface area contributed by atoms with Crippen LogP contribution >= 0.6 is 15.9 Å². The Morgan fingerprint density at radius 2 is 1.77 bits per heavy atom. The molecule has 0 bridgehead atoms. The summed E-state index contributed by atoms with van der Waals surface area (Å²) in [7, 11) is 0. The molecule has 2 fully saturated rings. The molecule has 0 saturated carbocycles. The number of hydrogen-bond acceptors (Lipinski definition) is 5. The van der Waals surface area contributed by atoms with Crippen molar-refractivity contribution in [2.24, 2.45) is 21.8 Å². The van der Waals surface area contributed by atoms with E-state index in [1.807, 2.05) is 24.8 Å². The van der Waals surface area contributed by atoms with Crippen molar-refractivity contribution in [3.63, 3.8) is 0 Å². The second kappa shape index (κ2) is 10.6. The lowest BCUT2D eigenvalue weighted by atomic mass is 9.91. The van der Waals surface area contributed by atoms with E-state index in [0.717, 1.165) is 23.0 Å². The average Bonchev–Trinajstić information content (AvgIpc) is 3.28. The second-order valence-corrected chi connectivity index (χ2v) is 11.2. The number of rotatable bonds is 4. The Bertz CT molecular complexity index is 1070. The van der Waals surface area contributed by atoms with Gasteiger partial charge in [0.2, 0.25) is 5.91 Å². The topological polar surface area (TPSA) is 94.4 Å². The van der Waals surface area contributed by atoms with Gasteiger partial charge >= 0.3 is 0 Å². The number of carbonyl (C=O) groups is 3. The number of nitrogens with zero attached hydrogens (tertiary/aromatic N) is 4. The van der Waals surface area contributed by atoms with Crippen LogP contribution in [0, 0.1) is 11.8 Å². The highest BCUT2D eigenvalue weighted by molar-refractivity contribution is 9.10. The summed E-state index contributed by atoms with van der Waals surface area (Å²) < 4.78 is 0.774. The van der Waals surface area contributed by atoms with Crippen LogP contribution in [0.15, 0.2) is 32.7 Å². The highest BCUT2D eigenvalue weighted by Gasteiger charge is 2.37. The van der Waals surface area contributed by atoms with E-state index in [1.165, 1.54) is 0 Å². The molecule has 1 aromatic carbocycles. The second-order valence-electron chi connectivity index (χ2n) is 10.2. The van der Waals surface area contributed by atoms with Crippen LogP contribution in [0.5, 0.6) is 0 Å². The summed E-state index contributed by atoms with van der Waals surface area (Å²) in [6, 6.07) is 4.73. The molecule has 9 heteroatoms. The zero-order valence-corrected chi connectivity index (χ0v) is 22.5. The molecule has 3 aliphatic rings. The summed E-state index contributed by atoms with van der Waals surface area (Å²) in [6.45, 7) is 9.99. The Morgan fingerprint density at radius 3 is 2.46 bits per heavy atom. The highest BCUT2D eigenvalue weighted by Crippen LogP contribution is 2.28. The fourth-order valence-corrected chi connectivity index (χ4v) is 5.86. The van der Waals surface area contributed by atoms with Gasteiger partial charge in [-0.1, -0.05) is 29.8 Å². The molecule has 0 aliphatic carbocycles. The van der Waals surface area contributed by atoms with Gasteiger partial charge in [-0.25, -0.2) is 0 Å². The van der Waals surface area contributed by atoms with Gasteiger partial charge in [-0.3, -0.25) is 24.4 Å². The SMILES string of the molecule is CC1=NC(C)N=C(C(=O)N2CCC[C@H]2C(=O)Nc2ccc(Br)cc2C(=O)N2C[C@H](C)C[C@H](C)C2)C1. The van der Waals surface area contributed by atoms with Crippen molar-refractivity contribution >= 4 is 50.8 Å². The molecule has 4 atom stereocenters.